The first-order chi connectivity index (χ1) is 57.3. The summed E-state index contributed by atoms with van der Waals surface area (Å²) in [7, 11) is 0. The second-order valence-electron chi connectivity index (χ2n) is 26.7. The van der Waals surface area contributed by atoms with Gasteiger partial charge < -0.3 is 190 Å². The number of esters is 9. The van der Waals surface area contributed by atoms with E-state index in [0.717, 1.165) is 0 Å². The van der Waals surface area contributed by atoms with Crippen molar-refractivity contribution >= 4 is 53.7 Å². The lowest BCUT2D eigenvalue weighted by Crippen LogP contribution is -2.63. The van der Waals surface area contributed by atoms with E-state index in [1.807, 2.05) is 0 Å². The average molecular weight is 1710 g/mol. The van der Waals surface area contributed by atoms with Gasteiger partial charge in [-0.3, -0.25) is 0 Å². The van der Waals surface area contributed by atoms with Crippen molar-refractivity contribution in [2.24, 2.45) is 0 Å². The molecule has 1 saturated heterocycles. The molecule has 4 aliphatic rings. The summed E-state index contributed by atoms with van der Waals surface area (Å²) in [6.45, 7) is -3.62. The van der Waals surface area contributed by atoms with Gasteiger partial charge in [0, 0.05) is 33.4 Å². The number of cyclic esters (lactones) is 3. The van der Waals surface area contributed by atoms with Crippen molar-refractivity contribution in [3.8, 4) is 177 Å². The smallest absolute Gasteiger partial charge is 0.340 e. The summed E-state index contributed by atoms with van der Waals surface area (Å²) in [5.41, 5.74) is -20.0. The Kier molecular flexibility index (Phi) is 20.6. The molecule has 4 heterocycles. The minimum Gasteiger partial charge on any atom is -0.504 e. The molecule has 0 aromatic heterocycles. The minimum atomic E-state index is -3.25. The van der Waals surface area contributed by atoms with Gasteiger partial charge in [-0.25, -0.2) is 43.2 Å². The maximum atomic E-state index is 15.8. The van der Waals surface area contributed by atoms with Crippen LogP contribution in [0.4, 0.5) is 0 Å². The number of aliphatic hydroxyl groups is 1. The second-order valence-corrected chi connectivity index (χ2v) is 26.7. The highest BCUT2D eigenvalue weighted by Gasteiger charge is 2.58. The number of benzene rings is 9. The van der Waals surface area contributed by atoms with E-state index in [4.69, 9.17) is 47.4 Å². The molecule has 636 valence electrons. The molecular formula is C75H54O47. The lowest BCUT2D eigenvalue weighted by atomic mass is 9.73. The lowest BCUT2D eigenvalue weighted by Gasteiger charge is -2.44. The van der Waals surface area contributed by atoms with Gasteiger partial charge in [0.05, 0.1) is 56.0 Å². The Labute approximate surface area is 670 Å². The number of phenols is 27. The first-order valence-corrected chi connectivity index (χ1v) is 33.9. The van der Waals surface area contributed by atoms with Crippen LogP contribution in [-0.4, -0.2) is 265 Å². The molecule has 0 aliphatic carbocycles. The summed E-state index contributed by atoms with van der Waals surface area (Å²) in [6, 6.07) is 3.84. The summed E-state index contributed by atoms with van der Waals surface area (Å²) >= 11 is 0. The van der Waals surface area contributed by atoms with Crippen LogP contribution in [0.25, 0.3) is 22.3 Å². The largest absolute Gasteiger partial charge is 0.504 e. The standard InChI is InChI=1S/C75H54O47/c76-23-1-15(2-24(77)45(23)89)66(104)117-61-36(115-75(122-69(107)18-7-29(82)48(92)30(83)8-18)65(121-68(106)17-5-27(80)47(91)28(81)6-17)64(61)119-67(105)16-3-25(78)46(90)26(79)4-16)14-114-71(109)20-10-32(85)52(96)56(100)40(20)43-42-44-41(57(101)59(103)58(42)102)39-22(12-34(87)51(95)55(39)99)73(111)120-63(62(43)118-74(44)112)60-35(88)13-113-70(108)19-9-31(84)49(93)53(97)37(19)38-21(72(110)116-60)11-33(86)50(94)54(38)98/h1-12,35-36,43,60-65,75-103H,13-14H2/t35?,36-,43-,60-,61-,62+,63-,64+,65-,75+/m1/s1. The molecule has 2 bridgehead atoms. The molecule has 13 rings (SSSR count). The predicted molar refractivity (Wildman–Crippen MR) is 379 cm³/mol. The Morgan fingerprint density at radius 1 is 0.303 bits per heavy atom. The average Bonchev–Trinajstić information content (AvgIpc) is 0.705. The fourth-order valence-corrected chi connectivity index (χ4v) is 13.6. The van der Waals surface area contributed by atoms with E-state index in [-0.39, 0.29) is 18.2 Å². The third-order valence-corrected chi connectivity index (χ3v) is 19.3. The number of aromatic hydroxyl groups is 27. The molecular weight excluding hydrogens is 1650 g/mol. The third-order valence-electron chi connectivity index (χ3n) is 19.3. The van der Waals surface area contributed by atoms with Gasteiger partial charge in [-0.2, -0.15) is 0 Å². The van der Waals surface area contributed by atoms with E-state index in [2.05, 4.69) is 0 Å². The molecule has 0 spiro atoms. The van der Waals surface area contributed by atoms with Crippen LogP contribution in [0.2, 0.25) is 0 Å². The van der Waals surface area contributed by atoms with E-state index in [9.17, 15) is 167 Å². The number of rotatable bonds is 13. The Balaban J connectivity index is 1.02. The van der Waals surface area contributed by atoms with Gasteiger partial charge in [0.2, 0.25) is 41.1 Å². The first kappa shape index (κ1) is 82.7. The van der Waals surface area contributed by atoms with Crippen LogP contribution in [0.15, 0.2) is 72.8 Å². The second kappa shape index (κ2) is 30.4. The summed E-state index contributed by atoms with van der Waals surface area (Å²) in [5.74, 6) is -62.4. The third kappa shape index (κ3) is 13.9. The van der Waals surface area contributed by atoms with Gasteiger partial charge >= 0.3 is 53.7 Å². The van der Waals surface area contributed by atoms with E-state index >= 15 is 19.2 Å². The molecule has 9 aromatic rings. The summed E-state index contributed by atoms with van der Waals surface area (Å²) in [6.07, 6.45) is -27.2. The highest BCUT2D eigenvalue weighted by molar-refractivity contribution is 6.12. The number of fused-ring (bicyclic) bond motifs is 7. The normalized spacial score (nSPS) is 19.7. The summed E-state index contributed by atoms with van der Waals surface area (Å²) in [4.78, 5) is 134. The van der Waals surface area contributed by atoms with E-state index < -0.39 is 367 Å². The molecule has 0 saturated carbocycles. The quantitative estimate of drug-likeness (QED) is 0.0448. The van der Waals surface area contributed by atoms with Crippen molar-refractivity contribution in [3.63, 3.8) is 0 Å². The zero-order chi connectivity index (χ0) is 89.2. The number of carbonyl (C=O) groups excluding carboxylic acids is 9. The van der Waals surface area contributed by atoms with Gasteiger partial charge in [-0.1, -0.05) is 0 Å². The van der Waals surface area contributed by atoms with Crippen LogP contribution in [0.3, 0.4) is 0 Å². The van der Waals surface area contributed by atoms with Crippen LogP contribution in [0.1, 0.15) is 110 Å². The van der Waals surface area contributed by atoms with Crippen LogP contribution in [-0.2, 0) is 47.4 Å². The Morgan fingerprint density at radius 3 is 1.06 bits per heavy atom. The molecule has 10 atom stereocenters. The van der Waals surface area contributed by atoms with E-state index in [1.54, 1.807) is 0 Å². The van der Waals surface area contributed by atoms with Crippen molar-refractivity contribution in [1.29, 1.82) is 0 Å². The first-order valence-electron chi connectivity index (χ1n) is 33.9. The fourth-order valence-electron chi connectivity index (χ4n) is 13.6. The van der Waals surface area contributed by atoms with Crippen molar-refractivity contribution in [3.05, 3.63) is 134 Å². The molecule has 9 aromatic carbocycles. The molecule has 122 heavy (non-hydrogen) atoms. The SMILES string of the molecule is O=C(O[C@@H]1O[C@H](COC(=O)c2cc(O)c(O)c(O)c2[C@@H]2c3c(O)c(O)c(O)c4c3C(=O)O[C@@H]2[C@@H]([C@@H]2OC(=O)c3cc(O)c(O)c(O)c3-c3c(cc(O)c(O)c3O)C(=O)OCC2O)OC(=O)c2cc(O)c(O)c(O)c2-4)[C@@H](OC(=O)c2cc(O)c(O)c(O)c2)[C@H](OC(=O)c2cc(O)c(O)c(O)c2)[C@H]1OC(=O)c1cc(O)c(O)c(O)c1)c1cc(O)c(O)c(O)c1. The predicted octanol–water partition coefficient (Wildman–Crippen LogP) is 2.45. The lowest BCUT2D eigenvalue weighted by molar-refractivity contribution is -0.282. The van der Waals surface area contributed by atoms with Crippen LogP contribution >= 0.6 is 0 Å². The van der Waals surface area contributed by atoms with E-state index in [1.165, 1.54) is 0 Å². The van der Waals surface area contributed by atoms with Crippen molar-refractivity contribution in [2.45, 2.75) is 61.0 Å². The maximum Gasteiger partial charge on any atom is 0.340 e. The Morgan fingerprint density at radius 2 is 0.631 bits per heavy atom. The fraction of sp³-hybridized carbons (Fsp3) is 0.160. The highest BCUT2D eigenvalue weighted by Crippen LogP contribution is 2.62. The number of aliphatic hydroxyl groups excluding tert-OH is 1. The highest BCUT2D eigenvalue weighted by atomic mass is 16.8. The number of hydrogen-bond acceptors (Lipinski definition) is 47. The molecule has 47 nitrogen and oxygen atoms in total. The molecule has 1 fully saturated rings. The van der Waals surface area contributed by atoms with Crippen LogP contribution in [0, 0.1) is 0 Å². The van der Waals surface area contributed by atoms with Gasteiger partial charge in [0.15, 0.2) is 157 Å². The molecule has 1 unspecified atom stereocenters. The number of hydrogen-bond donors (Lipinski definition) is 28. The number of ether oxygens (including phenoxy) is 10. The molecule has 0 amide bonds. The number of phenolic OH excluding ortho intramolecular Hbond substituents is 27. The summed E-state index contributed by atoms with van der Waals surface area (Å²) < 4.78 is 57.1. The maximum absolute atomic E-state index is 15.8. The molecule has 4 aliphatic heterocycles. The number of carbonyl (C=O) groups is 9. The van der Waals surface area contributed by atoms with Gasteiger partial charge in [0.25, 0.3) is 0 Å². The van der Waals surface area contributed by atoms with Crippen molar-refractivity contribution in [1.82, 2.24) is 0 Å². The monoisotopic (exact) mass is 1710 g/mol. The van der Waals surface area contributed by atoms with Gasteiger partial charge in [-0.05, 0) is 72.8 Å². The zero-order valence-corrected chi connectivity index (χ0v) is 59.9. The van der Waals surface area contributed by atoms with Crippen molar-refractivity contribution in [2.75, 3.05) is 13.2 Å². The van der Waals surface area contributed by atoms with Gasteiger partial charge in [-0.15, -0.1) is 0 Å². The summed E-state index contributed by atoms with van der Waals surface area (Å²) in [5, 5.41) is 310. The van der Waals surface area contributed by atoms with Crippen LogP contribution < -0.4 is 0 Å². The zero-order valence-electron chi connectivity index (χ0n) is 59.9. The molecule has 47 heteroatoms. The van der Waals surface area contributed by atoms with E-state index in [0.29, 0.717) is 54.6 Å². The van der Waals surface area contributed by atoms with Gasteiger partial charge in [0.1, 0.15) is 25.4 Å². The minimum absolute atomic E-state index is 0.0831. The Bertz CT molecular complexity index is 5990. The topological polar surface area (TPSA) is 812 Å². The Hall–Kier alpha value is -17.3. The molecule has 0 radical (unpaired) electrons. The van der Waals surface area contributed by atoms with Crippen LogP contribution in [0.5, 0.6) is 155 Å². The van der Waals surface area contributed by atoms with Crippen molar-refractivity contribution < 1.29 is 234 Å². The molecule has 28 N–H and O–H groups in total.